The van der Waals surface area contributed by atoms with Gasteiger partial charge in [0.25, 0.3) is 0 Å². The molecule has 22 atom stereocenters. The molecule has 9 aliphatic rings. The number of aliphatic hydroxyl groups excluding tert-OH is 2. The molecule has 9 rings (SSSR count). The van der Waals surface area contributed by atoms with E-state index in [1.165, 1.54) is 0 Å². The number of rotatable bonds is 4. The molecule has 0 aromatic rings. The summed E-state index contributed by atoms with van der Waals surface area (Å²) in [6.45, 7) is 19.4. The van der Waals surface area contributed by atoms with Gasteiger partial charge in [0.2, 0.25) is 0 Å². The number of aldehydes is 1. The van der Waals surface area contributed by atoms with Crippen LogP contribution in [0.5, 0.6) is 0 Å². The molecule has 0 aliphatic carbocycles. The fourth-order valence-electron chi connectivity index (χ4n) is 13.3. The Kier molecular flexibility index (Phi) is 14.2. The predicted octanol–water partition coefficient (Wildman–Crippen LogP) is 7.43. The van der Waals surface area contributed by atoms with Crippen LogP contribution in [0.4, 0.5) is 0 Å². The average molecular weight is 897 g/mol. The molecule has 360 valence electrons. The predicted molar refractivity (Wildman–Crippen MR) is 240 cm³/mol. The number of hydrogen-bond acceptors (Lipinski definition) is 12. The molecule has 64 heavy (non-hydrogen) atoms. The van der Waals surface area contributed by atoms with E-state index < -0.39 is 29.5 Å². The van der Waals surface area contributed by atoms with Crippen LogP contribution in [-0.2, 0) is 47.4 Å². The Bertz CT molecular complexity index is 1700. The average Bonchev–Trinajstić information content (AvgIpc) is 3.26. The van der Waals surface area contributed by atoms with Gasteiger partial charge in [0.05, 0.1) is 109 Å². The minimum atomic E-state index is -0.695. The second-order valence-corrected chi connectivity index (χ2v) is 23.3. The summed E-state index contributed by atoms with van der Waals surface area (Å²) in [5.74, 6) is 0.496. The third kappa shape index (κ3) is 10.2. The third-order valence-electron chi connectivity index (χ3n) is 16.4. The smallest absolute Gasteiger partial charge is 0.145 e. The van der Waals surface area contributed by atoms with E-state index in [1.54, 1.807) is 0 Å². The molecular formula is C52H80O12. The van der Waals surface area contributed by atoms with E-state index in [1.807, 2.05) is 0 Å². The second kappa shape index (κ2) is 19.1. The topological polar surface area (TPSA) is 141 Å². The van der Waals surface area contributed by atoms with Crippen LogP contribution in [0.2, 0.25) is 0 Å². The Labute approximate surface area is 382 Å². The molecule has 16 unspecified atom stereocenters. The lowest BCUT2D eigenvalue weighted by atomic mass is 9.76. The molecular weight excluding hydrogens is 817 g/mol. The minimum Gasteiger partial charge on any atom is -0.390 e. The molecule has 0 saturated carbocycles. The summed E-state index contributed by atoms with van der Waals surface area (Å²) in [4.78, 5) is 11.3. The van der Waals surface area contributed by atoms with Crippen molar-refractivity contribution < 1.29 is 57.6 Å². The number of aliphatic hydroxyl groups is 2. The second-order valence-electron chi connectivity index (χ2n) is 23.3. The Hall–Kier alpha value is -1.55. The van der Waals surface area contributed by atoms with Crippen molar-refractivity contribution in [2.24, 2.45) is 17.3 Å². The normalized spacial score (nSPS) is 52.0. The lowest BCUT2D eigenvalue weighted by molar-refractivity contribution is -0.316. The van der Waals surface area contributed by atoms with Crippen LogP contribution >= 0.6 is 0 Å². The van der Waals surface area contributed by atoms with E-state index in [0.717, 1.165) is 64.1 Å². The van der Waals surface area contributed by atoms with Crippen LogP contribution in [0.15, 0.2) is 36.5 Å². The van der Waals surface area contributed by atoms with Gasteiger partial charge in [-0.05, 0) is 101 Å². The first kappa shape index (κ1) is 47.5. The van der Waals surface area contributed by atoms with Gasteiger partial charge in [-0.3, -0.25) is 4.79 Å². The SMILES string of the molecule is C=C(C=O)C[C@@H]1C[C@H](O)C2OC3C[C@]4(C)OC5/C=C\CC6OC7C(C/C=C\CC6OC5CCCC4OC3CC2O1)OC1CC2OC(CC(C)(C)C)C(O)C[C@@H](C)C[C@@]2(C)OC1C[C@@H]7C. The molecule has 0 aromatic carbocycles. The molecule has 9 aliphatic heterocycles. The molecule has 2 N–H and O–H groups in total. The first-order chi connectivity index (χ1) is 30.5. The summed E-state index contributed by atoms with van der Waals surface area (Å²) >= 11 is 0. The largest absolute Gasteiger partial charge is 0.390 e. The highest BCUT2D eigenvalue weighted by Crippen LogP contribution is 2.48. The van der Waals surface area contributed by atoms with E-state index in [9.17, 15) is 15.0 Å². The number of fused-ring (bicyclic) bond motifs is 8. The van der Waals surface area contributed by atoms with Gasteiger partial charge in [-0.15, -0.1) is 0 Å². The molecule has 0 aromatic heterocycles. The van der Waals surface area contributed by atoms with Crippen molar-refractivity contribution in [3.63, 3.8) is 0 Å². The van der Waals surface area contributed by atoms with Crippen LogP contribution in [0.25, 0.3) is 0 Å². The maximum absolute atomic E-state index is 11.3. The molecule has 12 nitrogen and oxygen atoms in total. The van der Waals surface area contributed by atoms with Gasteiger partial charge in [-0.25, -0.2) is 0 Å². The zero-order chi connectivity index (χ0) is 45.1. The number of ether oxygens (including phenoxy) is 9. The van der Waals surface area contributed by atoms with Crippen LogP contribution in [0, 0.1) is 17.3 Å². The van der Waals surface area contributed by atoms with E-state index in [0.29, 0.717) is 50.0 Å². The fraction of sp³-hybridized carbons (Fsp3) is 0.865. The molecule has 0 amide bonds. The van der Waals surface area contributed by atoms with E-state index in [2.05, 4.69) is 79.3 Å². The van der Waals surface area contributed by atoms with Crippen molar-refractivity contribution in [2.75, 3.05) is 0 Å². The van der Waals surface area contributed by atoms with Crippen LogP contribution in [0.3, 0.4) is 0 Å². The summed E-state index contributed by atoms with van der Waals surface area (Å²) in [5, 5.41) is 22.5. The highest BCUT2D eigenvalue weighted by Gasteiger charge is 2.57. The first-order valence-corrected chi connectivity index (χ1v) is 25.2. The van der Waals surface area contributed by atoms with Crippen molar-refractivity contribution in [1.29, 1.82) is 0 Å². The van der Waals surface area contributed by atoms with Gasteiger partial charge >= 0.3 is 0 Å². The highest BCUT2D eigenvalue weighted by molar-refractivity contribution is 5.72. The third-order valence-corrected chi connectivity index (χ3v) is 16.4. The van der Waals surface area contributed by atoms with Gasteiger partial charge in [0.15, 0.2) is 0 Å². The van der Waals surface area contributed by atoms with Crippen LogP contribution in [0.1, 0.15) is 145 Å². The Morgan fingerprint density at radius 2 is 1.38 bits per heavy atom. The summed E-state index contributed by atoms with van der Waals surface area (Å²) in [6, 6.07) is 0. The van der Waals surface area contributed by atoms with Gasteiger partial charge in [-0.2, -0.15) is 0 Å². The summed E-state index contributed by atoms with van der Waals surface area (Å²) < 4.78 is 62.9. The van der Waals surface area contributed by atoms with Gasteiger partial charge in [-0.1, -0.05) is 65.5 Å². The lowest BCUT2D eigenvalue weighted by Crippen LogP contribution is -2.65. The summed E-state index contributed by atoms with van der Waals surface area (Å²) in [7, 11) is 0. The van der Waals surface area contributed by atoms with E-state index >= 15 is 0 Å². The quantitative estimate of drug-likeness (QED) is 0.165. The molecule has 12 heteroatoms. The minimum absolute atomic E-state index is 0.0205. The van der Waals surface area contributed by atoms with Crippen LogP contribution in [-0.4, -0.2) is 138 Å². The van der Waals surface area contributed by atoms with Crippen molar-refractivity contribution in [1.82, 2.24) is 0 Å². The maximum Gasteiger partial charge on any atom is 0.145 e. The summed E-state index contributed by atoms with van der Waals surface area (Å²) in [5.41, 5.74) is -0.598. The monoisotopic (exact) mass is 897 g/mol. The molecule has 7 fully saturated rings. The Morgan fingerprint density at radius 1 is 0.672 bits per heavy atom. The zero-order valence-corrected chi connectivity index (χ0v) is 39.7. The number of hydrogen-bond donors (Lipinski definition) is 2. The standard InChI is InChI=1S/C52H80O12/c1-29-20-33(54)44(26-50(4,5)6)60-47-24-41-42(64-51(47,7)25-29)21-31(3)48-39(58-41)14-10-9-13-35-36(61-48)15-11-17-38-37(57-35)16-12-18-46-52(8,63-38)27-45-40(59-46)23-43-49(62-45)34(55)22-32(56-43)19-30(2)28-53/h9-11,17,28-29,31-49,54-55H,2,12-16,18-27H2,1,3-8H3/b10-9-,17-11-/t29-,31+,32-,33?,34+,35?,36?,37?,38?,39?,40?,41?,42?,43?,44?,45?,46?,47?,48?,49?,51-,52+/m1/s1. The lowest BCUT2D eigenvalue weighted by Gasteiger charge is -2.55. The molecule has 9 heterocycles. The van der Waals surface area contributed by atoms with Crippen molar-refractivity contribution >= 4 is 6.29 Å². The Morgan fingerprint density at radius 3 is 2.16 bits per heavy atom. The van der Waals surface area contributed by atoms with Crippen molar-refractivity contribution in [2.45, 2.75) is 266 Å². The molecule has 0 radical (unpaired) electrons. The summed E-state index contributed by atoms with van der Waals surface area (Å²) in [6.07, 6.45) is 16.1. The molecule has 0 spiro atoms. The fourth-order valence-corrected chi connectivity index (χ4v) is 13.3. The maximum atomic E-state index is 11.3. The highest BCUT2D eigenvalue weighted by atomic mass is 16.6. The number of carbonyl (C=O) groups is 1. The molecule has 0 bridgehead atoms. The Balaban J connectivity index is 0.876. The van der Waals surface area contributed by atoms with E-state index in [-0.39, 0.29) is 103 Å². The zero-order valence-electron chi connectivity index (χ0n) is 39.7. The number of carbonyl (C=O) groups excluding carboxylic acids is 1. The van der Waals surface area contributed by atoms with Gasteiger partial charge in [0, 0.05) is 32.1 Å². The van der Waals surface area contributed by atoms with Crippen molar-refractivity contribution in [3.05, 3.63) is 36.5 Å². The van der Waals surface area contributed by atoms with Gasteiger partial charge in [0.1, 0.15) is 18.5 Å². The van der Waals surface area contributed by atoms with Crippen LogP contribution < -0.4 is 0 Å². The first-order valence-electron chi connectivity index (χ1n) is 25.2. The van der Waals surface area contributed by atoms with Gasteiger partial charge < -0.3 is 52.8 Å². The van der Waals surface area contributed by atoms with E-state index in [4.69, 9.17) is 42.6 Å². The van der Waals surface area contributed by atoms with Crippen molar-refractivity contribution in [3.8, 4) is 0 Å². The molecule has 7 saturated heterocycles.